The van der Waals surface area contributed by atoms with Gasteiger partial charge in [0.2, 0.25) is 10.0 Å². The van der Waals surface area contributed by atoms with Gasteiger partial charge in [-0.1, -0.05) is 18.2 Å². The molecule has 0 radical (unpaired) electrons. The van der Waals surface area contributed by atoms with Crippen LogP contribution in [0.15, 0.2) is 24.3 Å². The fourth-order valence-electron chi connectivity index (χ4n) is 1.72. The van der Waals surface area contributed by atoms with Crippen LogP contribution in [0, 0.1) is 0 Å². The van der Waals surface area contributed by atoms with Crippen molar-refractivity contribution < 1.29 is 13.2 Å². The van der Waals surface area contributed by atoms with Crippen molar-refractivity contribution in [3.63, 3.8) is 0 Å². The number of hydrogen-bond donors (Lipinski definition) is 0. The van der Waals surface area contributed by atoms with Crippen molar-refractivity contribution in [1.29, 1.82) is 0 Å². The third-order valence-corrected chi connectivity index (χ3v) is 4.50. The first-order valence-electron chi connectivity index (χ1n) is 5.32. The van der Waals surface area contributed by atoms with Gasteiger partial charge in [0.1, 0.15) is 12.4 Å². The van der Waals surface area contributed by atoms with E-state index in [2.05, 4.69) is 0 Å². The highest BCUT2D eigenvalue weighted by Crippen LogP contribution is 2.23. The van der Waals surface area contributed by atoms with E-state index in [0.29, 0.717) is 19.7 Å². The Hall–Kier alpha value is -1.07. The number of hydrogen-bond acceptors (Lipinski definition) is 3. The van der Waals surface area contributed by atoms with Gasteiger partial charge in [0.05, 0.1) is 5.75 Å². The average molecular weight is 241 g/mol. The van der Waals surface area contributed by atoms with Gasteiger partial charge in [-0.05, 0) is 13.0 Å². The first kappa shape index (κ1) is 11.4. The first-order chi connectivity index (χ1) is 7.63. The summed E-state index contributed by atoms with van der Waals surface area (Å²) in [6, 6.07) is 7.56. The highest BCUT2D eigenvalue weighted by Gasteiger charge is 2.23. The molecule has 2 rings (SSSR count). The summed E-state index contributed by atoms with van der Waals surface area (Å²) in [6.45, 7) is 2.90. The Kier molecular flexibility index (Phi) is 3.16. The van der Waals surface area contributed by atoms with Crippen molar-refractivity contribution in [2.24, 2.45) is 0 Å². The van der Waals surface area contributed by atoms with Gasteiger partial charge in [0, 0.05) is 18.7 Å². The molecule has 0 saturated carbocycles. The van der Waals surface area contributed by atoms with Gasteiger partial charge in [-0.3, -0.25) is 0 Å². The molecule has 0 aliphatic carbocycles. The first-order valence-corrected chi connectivity index (χ1v) is 6.93. The van der Waals surface area contributed by atoms with E-state index in [0.717, 1.165) is 11.3 Å². The summed E-state index contributed by atoms with van der Waals surface area (Å²) < 4.78 is 30.6. The SMILES string of the molecule is CCS(=O)(=O)N1CCOc2ccccc2C1. The van der Waals surface area contributed by atoms with E-state index in [1.165, 1.54) is 4.31 Å². The predicted octanol–water partition coefficient (Wildman–Crippen LogP) is 1.23. The van der Waals surface area contributed by atoms with Gasteiger partial charge in [0.25, 0.3) is 0 Å². The van der Waals surface area contributed by atoms with E-state index >= 15 is 0 Å². The fourth-order valence-corrected chi connectivity index (χ4v) is 2.78. The van der Waals surface area contributed by atoms with Crippen LogP contribution in [0.3, 0.4) is 0 Å². The fraction of sp³-hybridized carbons (Fsp3) is 0.455. The number of ether oxygens (including phenoxy) is 1. The molecule has 0 amide bonds. The van der Waals surface area contributed by atoms with Crippen molar-refractivity contribution in [3.05, 3.63) is 29.8 Å². The minimum atomic E-state index is -3.13. The largest absolute Gasteiger partial charge is 0.492 e. The van der Waals surface area contributed by atoms with Gasteiger partial charge < -0.3 is 4.74 Å². The Labute approximate surface area is 95.9 Å². The smallest absolute Gasteiger partial charge is 0.214 e. The second-order valence-electron chi connectivity index (χ2n) is 3.69. The maximum absolute atomic E-state index is 11.8. The monoisotopic (exact) mass is 241 g/mol. The number of rotatable bonds is 2. The molecular formula is C11H15NO3S. The van der Waals surface area contributed by atoms with Crippen LogP contribution in [0.4, 0.5) is 0 Å². The molecule has 0 aromatic heterocycles. The second kappa shape index (κ2) is 4.43. The molecule has 1 aliphatic rings. The lowest BCUT2D eigenvalue weighted by atomic mass is 10.2. The summed E-state index contributed by atoms with van der Waals surface area (Å²) in [5.41, 5.74) is 0.928. The van der Waals surface area contributed by atoms with Crippen LogP contribution in [0.2, 0.25) is 0 Å². The molecule has 16 heavy (non-hydrogen) atoms. The van der Waals surface area contributed by atoms with Gasteiger partial charge >= 0.3 is 0 Å². The molecule has 0 saturated heterocycles. The molecule has 1 aromatic rings. The third-order valence-electron chi connectivity index (χ3n) is 2.68. The maximum atomic E-state index is 11.8. The normalized spacial score (nSPS) is 17.3. The molecule has 5 heteroatoms. The lowest BCUT2D eigenvalue weighted by molar-refractivity contribution is 0.293. The number of para-hydroxylation sites is 1. The molecule has 1 aliphatic heterocycles. The van der Waals surface area contributed by atoms with Crippen molar-refractivity contribution in [1.82, 2.24) is 4.31 Å². The zero-order valence-electron chi connectivity index (χ0n) is 9.22. The standard InChI is InChI=1S/C11H15NO3S/c1-2-16(13,14)12-7-8-15-11-6-4-3-5-10(11)9-12/h3-6H,2,7-9H2,1H3. The van der Waals surface area contributed by atoms with E-state index in [1.807, 2.05) is 24.3 Å². The molecule has 88 valence electrons. The van der Waals surface area contributed by atoms with Gasteiger partial charge in [-0.25, -0.2) is 8.42 Å². The molecule has 1 aromatic carbocycles. The van der Waals surface area contributed by atoms with E-state index in [-0.39, 0.29) is 5.75 Å². The molecule has 0 atom stereocenters. The summed E-state index contributed by atoms with van der Waals surface area (Å²) in [6.07, 6.45) is 0. The molecule has 0 unspecified atom stereocenters. The van der Waals surface area contributed by atoms with E-state index in [1.54, 1.807) is 6.92 Å². The Balaban J connectivity index is 2.30. The Morgan fingerprint density at radius 2 is 2.12 bits per heavy atom. The van der Waals surface area contributed by atoms with Crippen molar-refractivity contribution in [3.8, 4) is 5.75 Å². The van der Waals surface area contributed by atoms with Crippen LogP contribution < -0.4 is 4.74 Å². The van der Waals surface area contributed by atoms with Gasteiger partial charge in [-0.2, -0.15) is 4.31 Å². The molecule has 0 spiro atoms. The van der Waals surface area contributed by atoms with Crippen molar-refractivity contribution in [2.45, 2.75) is 13.5 Å². The minimum absolute atomic E-state index is 0.134. The van der Waals surface area contributed by atoms with Crippen LogP contribution in [-0.4, -0.2) is 31.6 Å². The number of nitrogens with zero attached hydrogens (tertiary/aromatic N) is 1. The van der Waals surface area contributed by atoms with E-state index in [9.17, 15) is 8.42 Å². The average Bonchev–Trinajstić information content (AvgIpc) is 2.51. The molecular weight excluding hydrogens is 226 g/mol. The maximum Gasteiger partial charge on any atom is 0.214 e. The quantitative estimate of drug-likeness (QED) is 0.782. The molecule has 0 bridgehead atoms. The van der Waals surface area contributed by atoms with Crippen LogP contribution in [-0.2, 0) is 16.6 Å². The Morgan fingerprint density at radius 1 is 1.38 bits per heavy atom. The van der Waals surface area contributed by atoms with Crippen LogP contribution in [0.5, 0.6) is 5.75 Å². The second-order valence-corrected chi connectivity index (χ2v) is 5.95. The minimum Gasteiger partial charge on any atom is -0.492 e. The highest BCUT2D eigenvalue weighted by molar-refractivity contribution is 7.89. The number of fused-ring (bicyclic) bond motifs is 1. The van der Waals surface area contributed by atoms with Gasteiger partial charge in [-0.15, -0.1) is 0 Å². The number of benzene rings is 1. The third kappa shape index (κ3) is 2.20. The summed E-state index contributed by atoms with van der Waals surface area (Å²) in [5, 5.41) is 0. The van der Waals surface area contributed by atoms with E-state index in [4.69, 9.17) is 4.74 Å². The Bertz CT molecular complexity index is 470. The van der Waals surface area contributed by atoms with Crippen molar-refractivity contribution in [2.75, 3.05) is 18.9 Å². The molecule has 1 heterocycles. The molecule has 4 nitrogen and oxygen atoms in total. The zero-order chi connectivity index (χ0) is 11.6. The Morgan fingerprint density at radius 3 is 2.88 bits per heavy atom. The predicted molar refractivity (Wildman–Crippen MR) is 61.8 cm³/mol. The summed E-state index contributed by atoms with van der Waals surface area (Å²) in [5.74, 6) is 0.922. The molecule has 0 fully saturated rings. The highest BCUT2D eigenvalue weighted by atomic mass is 32.2. The summed E-state index contributed by atoms with van der Waals surface area (Å²) >= 11 is 0. The zero-order valence-corrected chi connectivity index (χ0v) is 10.0. The van der Waals surface area contributed by atoms with E-state index < -0.39 is 10.0 Å². The molecule has 0 N–H and O–H groups in total. The van der Waals surface area contributed by atoms with Crippen LogP contribution >= 0.6 is 0 Å². The van der Waals surface area contributed by atoms with Gasteiger partial charge in [0.15, 0.2) is 0 Å². The summed E-state index contributed by atoms with van der Waals surface area (Å²) in [7, 11) is -3.13. The topological polar surface area (TPSA) is 46.6 Å². The number of sulfonamides is 1. The summed E-state index contributed by atoms with van der Waals surface area (Å²) in [4.78, 5) is 0. The lowest BCUT2D eigenvalue weighted by Gasteiger charge is -2.18. The lowest BCUT2D eigenvalue weighted by Crippen LogP contribution is -2.33. The van der Waals surface area contributed by atoms with Crippen LogP contribution in [0.25, 0.3) is 0 Å². The van der Waals surface area contributed by atoms with Crippen LogP contribution in [0.1, 0.15) is 12.5 Å². The van der Waals surface area contributed by atoms with Crippen molar-refractivity contribution >= 4 is 10.0 Å².